The highest BCUT2D eigenvalue weighted by atomic mass is 16.5. The third kappa shape index (κ3) is 8.02. The van der Waals surface area contributed by atoms with Gasteiger partial charge in [-0.3, -0.25) is 0 Å². The third-order valence-electron chi connectivity index (χ3n) is 2.05. The van der Waals surface area contributed by atoms with Gasteiger partial charge in [0.15, 0.2) is 0 Å². The molecule has 0 spiro atoms. The number of ether oxygens (including phenoxy) is 1. The van der Waals surface area contributed by atoms with Gasteiger partial charge in [-0.2, -0.15) is 0 Å². The maximum Gasteiger partial charge on any atom is 0.0594 e. The second-order valence-corrected chi connectivity index (χ2v) is 3.72. The van der Waals surface area contributed by atoms with Gasteiger partial charge in [-0.1, -0.05) is 27.2 Å². The lowest BCUT2D eigenvalue weighted by atomic mass is 10.2. The van der Waals surface area contributed by atoms with Gasteiger partial charge >= 0.3 is 0 Å². The topological polar surface area (TPSA) is 12.5 Å². The van der Waals surface area contributed by atoms with Crippen LogP contribution in [0.1, 0.15) is 27.2 Å². The zero-order valence-corrected chi connectivity index (χ0v) is 8.97. The summed E-state index contributed by atoms with van der Waals surface area (Å²) in [6.07, 6.45) is 1.31. The average molecular weight is 173 g/mol. The lowest BCUT2D eigenvalue weighted by molar-refractivity contribution is 0.0503. The standard InChI is InChI=1S/C5H11NO.C5H12/c1-6-2-4-7-5-3-6;1-4-5(2)3/h2-5H2,1H3;5H,4H2,1-3H3. The van der Waals surface area contributed by atoms with Crippen LogP contribution in [0.2, 0.25) is 0 Å². The van der Waals surface area contributed by atoms with E-state index in [4.69, 9.17) is 4.74 Å². The minimum atomic E-state index is 0.884. The van der Waals surface area contributed by atoms with Crippen molar-refractivity contribution in [2.45, 2.75) is 27.2 Å². The summed E-state index contributed by atoms with van der Waals surface area (Å²) in [4.78, 5) is 2.27. The van der Waals surface area contributed by atoms with E-state index in [1.165, 1.54) is 6.42 Å². The van der Waals surface area contributed by atoms with E-state index in [9.17, 15) is 0 Å². The van der Waals surface area contributed by atoms with Crippen LogP contribution in [-0.4, -0.2) is 38.3 Å². The van der Waals surface area contributed by atoms with E-state index in [0.29, 0.717) is 0 Å². The minimum Gasteiger partial charge on any atom is -0.379 e. The largest absolute Gasteiger partial charge is 0.379 e. The van der Waals surface area contributed by atoms with Crippen LogP contribution in [0.5, 0.6) is 0 Å². The molecule has 1 saturated heterocycles. The van der Waals surface area contributed by atoms with Crippen LogP contribution in [0.25, 0.3) is 0 Å². The van der Waals surface area contributed by atoms with Crippen molar-refractivity contribution in [3.8, 4) is 0 Å². The zero-order valence-electron chi connectivity index (χ0n) is 8.97. The number of morpholine rings is 1. The van der Waals surface area contributed by atoms with Crippen molar-refractivity contribution < 1.29 is 4.74 Å². The van der Waals surface area contributed by atoms with Crippen molar-refractivity contribution in [1.29, 1.82) is 0 Å². The van der Waals surface area contributed by atoms with Crippen molar-refractivity contribution in [3.05, 3.63) is 0 Å². The molecule has 1 aliphatic rings. The molecular formula is C10H23NO. The molecule has 2 heteroatoms. The van der Waals surface area contributed by atoms with Crippen molar-refractivity contribution in [3.63, 3.8) is 0 Å². The zero-order chi connectivity index (χ0) is 9.40. The Hall–Kier alpha value is -0.0800. The molecule has 0 N–H and O–H groups in total. The first-order chi connectivity index (χ1) is 5.66. The molecule has 1 heterocycles. The molecule has 0 aromatic rings. The predicted molar refractivity (Wildman–Crippen MR) is 53.4 cm³/mol. The summed E-state index contributed by atoms with van der Waals surface area (Å²) in [5.74, 6) is 0.884. The van der Waals surface area contributed by atoms with Gasteiger partial charge in [0.25, 0.3) is 0 Å². The predicted octanol–water partition coefficient (Wildman–Crippen LogP) is 2.00. The van der Waals surface area contributed by atoms with Crippen LogP contribution < -0.4 is 0 Å². The van der Waals surface area contributed by atoms with E-state index < -0.39 is 0 Å². The quantitative estimate of drug-likeness (QED) is 0.601. The molecule has 0 aromatic heterocycles. The molecule has 0 aliphatic carbocycles. The minimum absolute atomic E-state index is 0.884. The van der Waals surface area contributed by atoms with Gasteiger partial charge in [0.2, 0.25) is 0 Å². The van der Waals surface area contributed by atoms with E-state index in [2.05, 4.69) is 32.7 Å². The van der Waals surface area contributed by atoms with Crippen molar-refractivity contribution in [2.24, 2.45) is 5.92 Å². The van der Waals surface area contributed by atoms with Crippen molar-refractivity contribution in [1.82, 2.24) is 4.90 Å². The van der Waals surface area contributed by atoms with Gasteiger partial charge in [0, 0.05) is 13.1 Å². The fourth-order valence-electron chi connectivity index (χ4n) is 0.655. The Morgan fingerprint density at radius 1 is 1.25 bits per heavy atom. The Balaban J connectivity index is 0.000000217. The first-order valence-corrected chi connectivity index (χ1v) is 4.93. The molecule has 1 fully saturated rings. The maximum atomic E-state index is 5.10. The van der Waals surface area contributed by atoms with Crippen LogP contribution in [-0.2, 0) is 4.74 Å². The van der Waals surface area contributed by atoms with Crippen LogP contribution in [0.3, 0.4) is 0 Å². The monoisotopic (exact) mass is 173 g/mol. The summed E-state index contributed by atoms with van der Waals surface area (Å²) >= 11 is 0. The van der Waals surface area contributed by atoms with Gasteiger partial charge in [-0.15, -0.1) is 0 Å². The van der Waals surface area contributed by atoms with Crippen LogP contribution >= 0.6 is 0 Å². The molecule has 0 atom stereocenters. The first-order valence-electron chi connectivity index (χ1n) is 4.93. The molecule has 0 radical (unpaired) electrons. The van der Waals surface area contributed by atoms with Crippen molar-refractivity contribution >= 4 is 0 Å². The van der Waals surface area contributed by atoms with Gasteiger partial charge in [-0.05, 0) is 13.0 Å². The van der Waals surface area contributed by atoms with Crippen LogP contribution in [0.4, 0.5) is 0 Å². The van der Waals surface area contributed by atoms with E-state index >= 15 is 0 Å². The normalized spacial score (nSPS) is 18.8. The summed E-state index contributed by atoms with van der Waals surface area (Å²) in [5, 5.41) is 0. The Bertz CT molecular complexity index is 87.8. The highest BCUT2D eigenvalue weighted by Crippen LogP contribution is 1.93. The summed E-state index contributed by atoms with van der Waals surface area (Å²) in [6.45, 7) is 10.7. The number of rotatable bonds is 1. The van der Waals surface area contributed by atoms with E-state index in [0.717, 1.165) is 32.2 Å². The van der Waals surface area contributed by atoms with E-state index in [1.807, 2.05) is 0 Å². The van der Waals surface area contributed by atoms with Crippen molar-refractivity contribution in [2.75, 3.05) is 33.4 Å². The molecule has 12 heavy (non-hydrogen) atoms. The second-order valence-electron chi connectivity index (χ2n) is 3.72. The Morgan fingerprint density at radius 3 is 1.83 bits per heavy atom. The average Bonchev–Trinajstić information content (AvgIpc) is 2.07. The van der Waals surface area contributed by atoms with Gasteiger partial charge in [-0.25, -0.2) is 0 Å². The smallest absolute Gasteiger partial charge is 0.0594 e. The molecule has 1 aliphatic heterocycles. The number of likely N-dealkylation sites (N-methyl/N-ethyl adjacent to an activating group) is 1. The van der Waals surface area contributed by atoms with Gasteiger partial charge in [0.1, 0.15) is 0 Å². The van der Waals surface area contributed by atoms with Crippen LogP contribution in [0, 0.1) is 5.92 Å². The molecule has 74 valence electrons. The molecule has 0 saturated carbocycles. The molecule has 0 aromatic carbocycles. The molecule has 0 amide bonds. The fraction of sp³-hybridized carbons (Fsp3) is 1.00. The first kappa shape index (κ1) is 11.9. The summed E-state index contributed by atoms with van der Waals surface area (Å²) < 4.78 is 5.10. The number of hydrogen-bond acceptors (Lipinski definition) is 2. The van der Waals surface area contributed by atoms with Crippen LogP contribution in [0.15, 0.2) is 0 Å². The fourth-order valence-corrected chi connectivity index (χ4v) is 0.655. The van der Waals surface area contributed by atoms with E-state index in [1.54, 1.807) is 0 Å². The van der Waals surface area contributed by atoms with E-state index in [-0.39, 0.29) is 0 Å². The summed E-state index contributed by atoms with van der Waals surface area (Å²) in [7, 11) is 2.11. The maximum absolute atomic E-state index is 5.10. The number of nitrogens with zero attached hydrogens (tertiary/aromatic N) is 1. The molecule has 0 unspecified atom stereocenters. The Labute approximate surface area is 76.9 Å². The Kier molecular flexibility index (Phi) is 7.51. The summed E-state index contributed by atoms with van der Waals surface area (Å²) in [6, 6.07) is 0. The Morgan fingerprint density at radius 2 is 1.67 bits per heavy atom. The summed E-state index contributed by atoms with van der Waals surface area (Å²) in [5.41, 5.74) is 0. The lowest BCUT2D eigenvalue weighted by Gasteiger charge is -2.21. The number of hydrogen-bond donors (Lipinski definition) is 0. The molecular weight excluding hydrogens is 150 g/mol. The SMILES string of the molecule is CCC(C)C.CN1CCOCC1. The molecule has 2 nitrogen and oxygen atoms in total. The highest BCUT2D eigenvalue weighted by molar-refractivity contribution is 4.53. The second kappa shape index (κ2) is 7.56. The third-order valence-corrected chi connectivity index (χ3v) is 2.05. The highest BCUT2D eigenvalue weighted by Gasteiger charge is 2.02. The molecule has 0 bridgehead atoms. The van der Waals surface area contributed by atoms with Gasteiger partial charge in [0.05, 0.1) is 13.2 Å². The lowest BCUT2D eigenvalue weighted by Crippen LogP contribution is -2.32. The molecule has 1 rings (SSSR count). The van der Waals surface area contributed by atoms with Gasteiger partial charge < -0.3 is 9.64 Å².